The molecule has 0 aliphatic heterocycles. The first-order valence-electron chi connectivity index (χ1n) is 25.5. The minimum absolute atomic E-state index is 0.0111. The van der Waals surface area contributed by atoms with Crippen molar-refractivity contribution in [3.05, 3.63) is 89.5 Å². The third kappa shape index (κ3) is 19.7. The van der Waals surface area contributed by atoms with Crippen LogP contribution < -0.4 is 62.9 Å². The van der Waals surface area contributed by atoms with E-state index in [1.807, 2.05) is 13.8 Å². The molecule has 0 aromatic heterocycles. The molecule has 0 bridgehead atoms. The largest absolute Gasteiger partial charge is 0.496 e. The molecule has 0 saturated carbocycles. The molecular formula is C54H76N10O12. The summed E-state index contributed by atoms with van der Waals surface area (Å²) in [4.78, 5) is 134. The molecule has 0 spiro atoms. The van der Waals surface area contributed by atoms with Gasteiger partial charge in [-0.05, 0) is 73.9 Å². The highest BCUT2D eigenvalue weighted by atomic mass is 16.5. The van der Waals surface area contributed by atoms with Crippen molar-refractivity contribution in [1.29, 1.82) is 0 Å². The summed E-state index contributed by atoms with van der Waals surface area (Å²) >= 11 is 0. The molecule has 22 heteroatoms. The van der Waals surface area contributed by atoms with Gasteiger partial charge in [0.15, 0.2) is 0 Å². The number of hydrogen-bond donors (Lipinski definition) is 10. The van der Waals surface area contributed by atoms with Crippen LogP contribution in [0.5, 0.6) is 11.5 Å². The Bertz CT molecular complexity index is 2490. The summed E-state index contributed by atoms with van der Waals surface area (Å²) in [5, 5.41) is 21.1. The molecule has 0 unspecified atom stereocenters. The van der Waals surface area contributed by atoms with E-state index < -0.39 is 107 Å². The Hall–Kier alpha value is -8.04. The second-order valence-electron chi connectivity index (χ2n) is 18.8. The monoisotopic (exact) mass is 1060 g/mol. The number of carbonyl (C=O) groups is 10. The van der Waals surface area contributed by atoms with Crippen molar-refractivity contribution in [3.8, 4) is 11.5 Å². The number of nitrogens with one attached hydrogen (secondary N) is 10. The summed E-state index contributed by atoms with van der Waals surface area (Å²) in [7, 11) is 2.75. The van der Waals surface area contributed by atoms with Gasteiger partial charge in [0.1, 0.15) is 41.7 Å². The van der Waals surface area contributed by atoms with Crippen molar-refractivity contribution in [3.63, 3.8) is 0 Å². The van der Waals surface area contributed by atoms with Crippen molar-refractivity contribution in [1.82, 2.24) is 48.1 Å². The second kappa shape index (κ2) is 31.6. The fraction of sp³-hybridized carbons (Fsp3) is 0.481. The van der Waals surface area contributed by atoms with Crippen LogP contribution in [-0.4, -0.2) is 117 Å². The Morgan fingerprint density at radius 2 is 1.22 bits per heavy atom. The van der Waals surface area contributed by atoms with Crippen LogP contribution in [0.15, 0.2) is 72.8 Å². The van der Waals surface area contributed by atoms with Crippen LogP contribution in [0, 0.1) is 17.8 Å². The highest BCUT2D eigenvalue weighted by Crippen LogP contribution is 2.23. The van der Waals surface area contributed by atoms with E-state index in [4.69, 9.17) is 9.47 Å². The van der Waals surface area contributed by atoms with Crippen LogP contribution in [0.4, 0.5) is 5.69 Å². The van der Waals surface area contributed by atoms with Gasteiger partial charge < -0.3 is 52.0 Å². The minimum atomic E-state index is -1.40. The Kier molecular flexibility index (Phi) is 25.9. The number of anilines is 1. The van der Waals surface area contributed by atoms with E-state index in [-0.39, 0.29) is 48.4 Å². The minimum Gasteiger partial charge on any atom is -0.496 e. The van der Waals surface area contributed by atoms with Crippen molar-refractivity contribution in [2.45, 2.75) is 124 Å². The van der Waals surface area contributed by atoms with Crippen LogP contribution in [0.3, 0.4) is 0 Å². The SMILES string of the molecule is CCCCOc1ccccc1C(=O)N[C@H](C(=O)N[C@@H](CCCNC(=O)C(=O)Nc1ccc(OC)c(C(=O)NNC(=O)C(C)C)c1)C(=O)N[C@@H](Cc1ccccc1)C(=O)N[C@H](C(=O)N[C@@H](C)C(=O)NC)[C@@H](C)CC)C(C)C. The zero-order valence-corrected chi connectivity index (χ0v) is 45.1. The Balaban J connectivity index is 1.91. The summed E-state index contributed by atoms with van der Waals surface area (Å²) in [6, 6.07) is 13.4. The fourth-order valence-electron chi connectivity index (χ4n) is 7.33. The average molecular weight is 1060 g/mol. The van der Waals surface area contributed by atoms with Crippen LogP contribution in [0.2, 0.25) is 0 Å². The van der Waals surface area contributed by atoms with Crippen LogP contribution >= 0.6 is 0 Å². The molecule has 22 nitrogen and oxygen atoms in total. The second-order valence-corrected chi connectivity index (χ2v) is 18.8. The van der Waals surface area contributed by atoms with Crippen LogP contribution in [0.25, 0.3) is 0 Å². The summed E-state index contributed by atoms with van der Waals surface area (Å²) in [6.45, 7) is 13.9. The number of para-hydroxylation sites is 1. The lowest BCUT2D eigenvalue weighted by Gasteiger charge is -2.29. The average Bonchev–Trinajstić information content (AvgIpc) is 3.40. The number of likely N-dealkylation sites (N-methyl/N-ethyl adjacent to an activating group) is 1. The van der Waals surface area contributed by atoms with Gasteiger partial charge in [0.05, 0.1) is 24.8 Å². The summed E-state index contributed by atoms with van der Waals surface area (Å²) < 4.78 is 11.1. The van der Waals surface area contributed by atoms with Gasteiger partial charge in [0, 0.05) is 31.6 Å². The van der Waals surface area contributed by atoms with Gasteiger partial charge in [-0.2, -0.15) is 0 Å². The van der Waals surface area contributed by atoms with Crippen molar-refractivity contribution >= 4 is 64.8 Å². The zero-order chi connectivity index (χ0) is 56.5. The highest BCUT2D eigenvalue weighted by molar-refractivity contribution is 6.39. The fourth-order valence-corrected chi connectivity index (χ4v) is 7.33. The number of hydrogen-bond acceptors (Lipinski definition) is 12. The molecular weight excluding hydrogens is 981 g/mol. The zero-order valence-electron chi connectivity index (χ0n) is 45.1. The van der Waals surface area contributed by atoms with Gasteiger partial charge >= 0.3 is 11.8 Å². The molecule has 0 radical (unpaired) electrons. The molecule has 0 heterocycles. The van der Waals surface area contributed by atoms with Gasteiger partial charge in [-0.3, -0.25) is 58.8 Å². The molecule has 6 atom stereocenters. The topological polar surface area (TPSA) is 309 Å². The van der Waals surface area contributed by atoms with Gasteiger partial charge in [-0.1, -0.05) is 104 Å². The molecule has 10 amide bonds. The highest BCUT2D eigenvalue weighted by Gasteiger charge is 2.35. The molecule has 0 saturated heterocycles. The lowest BCUT2D eigenvalue weighted by atomic mass is 9.96. The molecule has 3 rings (SSSR count). The van der Waals surface area contributed by atoms with E-state index >= 15 is 0 Å². The number of benzene rings is 3. The quantitative estimate of drug-likeness (QED) is 0.0285. The number of carbonyl (C=O) groups excluding carboxylic acids is 10. The van der Waals surface area contributed by atoms with Crippen molar-refractivity contribution < 1.29 is 57.4 Å². The maximum absolute atomic E-state index is 14.6. The van der Waals surface area contributed by atoms with E-state index in [2.05, 4.69) is 53.4 Å². The Morgan fingerprint density at radius 1 is 0.579 bits per heavy atom. The van der Waals surface area contributed by atoms with E-state index in [9.17, 15) is 47.9 Å². The molecule has 0 aliphatic carbocycles. The third-order valence-electron chi connectivity index (χ3n) is 12.2. The number of unbranched alkanes of at least 4 members (excludes halogenated alkanes) is 1. The Morgan fingerprint density at radius 3 is 1.86 bits per heavy atom. The van der Waals surface area contributed by atoms with Gasteiger partial charge in [0.25, 0.3) is 11.8 Å². The summed E-state index contributed by atoms with van der Waals surface area (Å²) in [5.41, 5.74) is 5.39. The first-order valence-corrected chi connectivity index (χ1v) is 25.5. The summed E-state index contributed by atoms with van der Waals surface area (Å²) in [5.74, 6) is -8.26. The van der Waals surface area contributed by atoms with E-state index in [1.54, 1.807) is 89.2 Å². The normalized spacial score (nSPS) is 13.2. The maximum Gasteiger partial charge on any atom is 0.313 e. The molecule has 10 N–H and O–H groups in total. The maximum atomic E-state index is 14.6. The molecule has 0 fully saturated rings. The van der Waals surface area contributed by atoms with Crippen molar-refractivity contribution in [2.75, 3.05) is 32.6 Å². The number of ether oxygens (including phenoxy) is 2. The predicted octanol–water partition coefficient (Wildman–Crippen LogP) is 2.57. The number of hydrazine groups is 1. The summed E-state index contributed by atoms with van der Waals surface area (Å²) in [6.07, 6.45) is 1.86. The van der Waals surface area contributed by atoms with Gasteiger partial charge in [0.2, 0.25) is 35.4 Å². The van der Waals surface area contributed by atoms with Crippen LogP contribution in [0.1, 0.15) is 114 Å². The first-order chi connectivity index (χ1) is 36.1. The Labute approximate surface area is 444 Å². The predicted molar refractivity (Wildman–Crippen MR) is 284 cm³/mol. The third-order valence-corrected chi connectivity index (χ3v) is 12.2. The van der Waals surface area contributed by atoms with Crippen molar-refractivity contribution in [2.24, 2.45) is 17.8 Å². The number of methoxy groups -OCH3 is 1. The van der Waals surface area contributed by atoms with E-state index in [0.29, 0.717) is 24.3 Å². The van der Waals surface area contributed by atoms with Gasteiger partial charge in [-0.15, -0.1) is 0 Å². The molecule has 414 valence electrons. The lowest BCUT2D eigenvalue weighted by Crippen LogP contribution is -2.60. The lowest BCUT2D eigenvalue weighted by molar-refractivity contribution is -0.136. The first kappa shape index (κ1) is 62.3. The molecule has 76 heavy (non-hydrogen) atoms. The van der Waals surface area contributed by atoms with E-state index in [0.717, 1.165) is 12.8 Å². The van der Waals surface area contributed by atoms with Crippen LogP contribution in [-0.2, 0) is 44.8 Å². The molecule has 3 aromatic rings. The molecule has 0 aliphatic rings. The number of rotatable bonds is 28. The van der Waals surface area contributed by atoms with Gasteiger partial charge in [-0.25, -0.2) is 0 Å². The standard InChI is InChI=1S/C54H76N10O12/c1-11-13-28-76-42-24-18-17-22-37(42)47(67)61-43(31(3)4)51(71)59-39(23-19-27-56-53(73)54(74)58-36-25-26-41(75-10)38(30-36)48(68)64-63-45(65)32(5)6)49(69)60-40(29-35-20-15-14-16-21-35)50(70)62-44(33(7)12-2)52(72)57-34(8)46(66)55-9/h14-18,20-22,24-26,30-34,39-40,43-44H,11-13,19,23,27-29H2,1-10H3,(H,55,66)(H,56,73)(H,57,72)(H,58,74)(H,59,71)(H,60,69)(H,61,67)(H,62,70)(H,63,65)(H,64,68)/t33-,34-,39-,40-,43-,44-/m0/s1. The number of amides is 10. The molecule has 3 aromatic carbocycles. The van der Waals surface area contributed by atoms with E-state index in [1.165, 1.54) is 39.3 Å². The smallest absolute Gasteiger partial charge is 0.313 e.